The largest absolute Gasteiger partial charge is 0.464 e. The van der Waals surface area contributed by atoms with Gasteiger partial charge in [-0.1, -0.05) is 0 Å². The van der Waals surface area contributed by atoms with Crippen molar-refractivity contribution in [3.63, 3.8) is 0 Å². The van der Waals surface area contributed by atoms with Gasteiger partial charge in [-0.2, -0.15) is 0 Å². The average molecular weight is 229 g/mol. The molecule has 3 aromatic rings. The molecule has 3 rings (SSSR count). The van der Waals surface area contributed by atoms with Crippen LogP contribution in [0.4, 0.5) is 0 Å². The second kappa shape index (κ2) is 3.46. The molecule has 0 aliphatic carbocycles. The third-order valence-electron chi connectivity index (χ3n) is 3.04. The van der Waals surface area contributed by atoms with Gasteiger partial charge in [-0.25, -0.2) is 0 Å². The maximum atomic E-state index is 11.9. The molecule has 0 bridgehead atoms. The van der Waals surface area contributed by atoms with Crippen LogP contribution in [0.1, 0.15) is 15.9 Å². The summed E-state index contributed by atoms with van der Waals surface area (Å²) in [5.74, 6) is -0.142. The zero-order valence-electron chi connectivity index (χ0n) is 9.32. The van der Waals surface area contributed by atoms with Crippen LogP contribution >= 0.6 is 0 Å². The van der Waals surface area contributed by atoms with E-state index < -0.39 is 0 Å². The van der Waals surface area contributed by atoms with Crippen LogP contribution in [0.5, 0.6) is 0 Å². The molecule has 4 heteroatoms. The molecule has 0 aliphatic rings. The standard InChI is InChI=1S/C13H11NO3/c1-7-8-2-4-17-13(8)11(10(15)6-14)9-3-5-16-12(7)9/h2-5H,6,14H2,1H3. The van der Waals surface area contributed by atoms with Crippen molar-refractivity contribution in [2.75, 3.05) is 6.54 Å². The van der Waals surface area contributed by atoms with E-state index in [4.69, 9.17) is 14.6 Å². The van der Waals surface area contributed by atoms with E-state index in [9.17, 15) is 4.79 Å². The Balaban J connectivity index is 2.57. The molecule has 0 amide bonds. The molecule has 1 aromatic carbocycles. The predicted octanol–water partition coefficient (Wildman–Crippen LogP) is 2.63. The lowest BCUT2D eigenvalue weighted by Crippen LogP contribution is -2.14. The fourth-order valence-corrected chi connectivity index (χ4v) is 2.22. The van der Waals surface area contributed by atoms with E-state index in [0.717, 1.165) is 21.9 Å². The highest BCUT2D eigenvalue weighted by Gasteiger charge is 2.20. The van der Waals surface area contributed by atoms with Crippen molar-refractivity contribution >= 4 is 27.7 Å². The number of ketones is 1. The number of hydrogen-bond donors (Lipinski definition) is 1. The fourth-order valence-electron chi connectivity index (χ4n) is 2.22. The normalized spacial score (nSPS) is 11.4. The number of nitrogens with two attached hydrogens (primary N) is 1. The molecule has 0 fully saturated rings. The first-order chi connectivity index (χ1) is 8.24. The van der Waals surface area contributed by atoms with Gasteiger partial charge >= 0.3 is 0 Å². The number of furan rings is 2. The smallest absolute Gasteiger partial charge is 0.180 e. The van der Waals surface area contributed by atoms with E-state index in [-0.39, 0.29) is 12.3 Å². The van der Waals surface area contributed by atoms with Gasteiger partial charge < -0.3 is 14.6 Å². The van der Waals surface area contributed by atoms with Crippen molar-refractivity contribution < 1.29 is 13.6 Å². The summed E-state index contributed by atoms with van der Waals surface area (Å²) < 4.78 is 10.8. The molecule has 86 valence electrons. The van der Waals surface area contributed by atoms with Gasteiger partial charge in [0.05, 0.1) is 24.6 Å². The molecule has 2 heterocycles. The number of aryl methyl sites for hydroxylation is 1. The van der Waals surface area contributed by atoms with Gasteiger partial charge in [0.1, 0.15) is 11.2 Å². The van der Waals surface area contributed by atoms with Crippen LogP contribution < -0.4 is 5.73 Å². The Hall–Kier alpha value is -2.07. The molecule has 17 heavy (non-hydrogen) atoms. The number of fused-ring (bicyclic) bond motifs is 2. The Morgan fingerprint density at radius 3 is 2.53 bits per heavy atom. The Kier molecular flexibility index (Phi) is 2.06. The minimum atomic E-state index is -0.142. The monoisotopic (exact) mass is 229 g/mol. The zero-order valence-corrected chi connectivity index (χ0v) is 9.32. The summed E-state index contributed by atoms with van der Waals surface area (Å²) >= 11 is 0. The molecule has 0 saturated heterocycles. The molecule has 0 saturated carbocycles. The Bertz CT molecular complexity index is 669. The predicted molar refractivity (Wildman–Crippen MR) is 64.1 cm³/mol. The molecular weight excluding hydrogens is 218 g/mol. The van der Waals surface area contributed by atoms with Crippen LogP contribution in [0.15, 0.2) is 33.5 Å². The van der Waals surface area contributed by atoms with E-state index >= 15 is 0 Å². The molecule has 0 radical (unpaired) electrons. The van der Waals surface area contributed by atoms with Gasteiger partial charge in [-0.05, 0) is 19.1 Å². The number of carbonyl (C=O) groups is 1. The lowest BCUT2D eigenvalue weighted by atomic mass is 9.99. The molecule has 0 atom stereocenters. The molecule has 0 unspecified atom stereocenters. The number of hydrogen-bond acceptors (Lipinski definition) is 4. The Labute approximate surface area is 97.0 Å². The van der Waals surface area contributed by atoms with Crippen LogP contribution in [-0.4, -0.2) is 12.3 Å². The highest BCUT2D eigenvalue weighted by atomic mass is 16.3. The van der Waals surface area contributed by atoms with Crippen molar-refractivity contribution in [3.8, 4) is 0 Å². The number of Topliss-reactive ketones (excluding diaryl/α,β-unsaturated/α-hetero) is 1. The van der Waals surface area contributed by atoms with Crippen LogP contribution in [0.3, 0.4) is 0 Å². The minimum absolute atomic E-state index is 0.0425. The first kappa shape index (κ1) is 10.1. The van der Waals surface area contributed by atoms with Gasteiger partial charge in [0.25, 0.3) is 0 Å². The Morgan fingerprint density at radius 2 is 1.82 bits per heavy atom. The van der Waals surface area contributed by atoms with Gasteiger partial charge in [-0.15, -0.1) is 0 Å². The van der Waals surface area contributed by atoms with Gasteiger partial charge in [0.2, 0.25) is 0 Å². The summed E-state index contributed by atoms with van der Waals surface area (Å²) in [4.78, 5) is 11.9. The maximum absolute atomic E-state index is 11.9. The van der Waals surface area contributed by atoms with E-state index in [2.05, 4.69) is 0 Å². The molecule has 2 N–H and O–H groups in total. The van der Waals surface area contributed by atoms with E-state index in [1.807, 2.05) is 13.0 Å². The SMILES string of the molecule is Cc1c2ccoc2c(C(=O)CN)c2ccoc12. The van der Waals surface area contributed by atoms with Crippen molar-refractivity contribution in [1.29, 1.82) is 0 Å². The summed E-state index contributed by atoms with van der Waals surface area (Å²) in [5, 5.41) is 1.66. The molecule has 4 nitrogen and oxygen atoms in total. The summed E-state index contributed by atoms with van der Waals surface area (Å²) in [5.41, 5.74) is 8.24. The van der Waals surface area contributed by atoms with Crippen molar-refractivity contribution in [1.82, 2.24) is 0 Å². The third-order valence-corrected chi connectivity index (χ3v) is 3.04. The summed E-state index contributed by atoms with van der Waals surface area (Å²) in [6, 6.07) is 3.60. The molecule has 0 spiro atoms. The van der Waals surface area contributed by atoms with Crippen LogP contribution in [-0.2, 0) is 0 Å². The fraction of sp³-hybridized carbons (Fsp3) is 0.154. The second-order valence-corrected chi connectivity index (χ2v) is 3.95. The topological polar surface area (TPSA) is 69.4 Å². The third kappa shape index (κ3) is 1.24. The summed E-state index contributed by atoms with van der Waals surface area (Å²) in [6.45, 7) is 1.90. The van der Waals surface area contributed by atoms with E-state index in [0.29, 0.717) is 11.1 Å². The highest BCUT2D eigenvalue weighted by molar-refractivity contribution is 6.18. The van der Waals surface area contributed by atoms with Crippen molar-refractivity contribution in [2.45, 2.75) is 6.92 Å². The number of benzene rings is 1. The summed E-state index contributed by atoms with van der Waals surface area (Å²) in [7, 11) is 0. The van der Waals surface area contributed by atoms with E-state index in [1.165, 1.54) is 0 Å². The Morgan fingerprint density at radius 1 is 1.18 bits per heavy atom. The van der Waals surface area contributed by atoms with Crippen LogP contribution in [0.25, 0.3) is 21.9 Å². The number of rotatable bonds is 2. The lowest BCUT2D eigenvalue weighted by Gasteiger charge is -2.04. The minimum Gasteiger partial charge on any atom is -0.464 e. The van der Waals surface area contributed by atoms with Gasteiger partial charge in [-0.3, -0.25) is 4.79 Å². The summed E-state index contributed by atoms with van der Waals surface area (Å²) in [6.07, 6.45) is 3.15. The maximum Gasteiger partial charge on any atom is 0.180 e. The molecule has 0 aliphatic heterocycles. The molecular formula is C13H11NO3. The first-order valence-corrected chi connectivity index (χ1v) is 5.34. The number of carbonyl (C=O) groups excluding carboxylic acids is 1. The molecule has 2 aromatic heterocycles. The van der Waals surface area contributed by atoms with Crippen molar-refractivity contribution in [3.05, 3.63) is 35.8 Å². The quantitative estimate of drug-likeness (QED) is 0.686. The lowest BCUT2D eigenvalue weighted by molar-refractivity contribution is 0.100. The first-order valence-electron chi connectivity index (χ1n) is 5.34. The zero-order chi connectivity index (χ0) is 12.0. The highest BCUT2D eigenvalue weighted by Crippen LogP contribution is 2.33. The van der Waals surface area contributed by atoms with Gasteiger partial charge in [0, 0.05) is 16.3 Å². The van der Waals surface area contributed by atoms with Gasteiger partial charge in [0.15, 0.2) is 5.78 Å². The van der Waals surface area contributed by atoms with Crippen molar-refractivity contribution in [2.24, 2.45) is 5.73 Å². The second-order valence-electron chi connectivity index (χ2n) is 3.95. The van der Waals surface area contributed by atoms with Crippen LogP contribution in [0, 0.1) is 6.92 Å². The van der Waals surface area contributed by atoms with Crippen LogP contribution in [0.2, 0.25) is 0 Å². The van der Waals surface area contributed by atoms with E-state index in [1.54, 1.807) is 18.6 Å². The average Bonchev–Trinajstić information content (AvgIpc) is 2.96.